The van der Waals surface area contributed by atoms with Crippen LogP contribution in [0.4, 0.5) is 10.1 Å². The van der Waals surface area contributed by atoms with Crippen LogP contribution in [0.2, 0.25) is 0 Å². The van der Waals surface area contributed by atoms with Crippen molar-refractivity contribution in [2.75, 3.05) is 13.2 Å². The number of halogens is 1. The molecule has 0 radical (unpaired) electrons. The number of hydrogen-bond acceptors (Lipinski definition) is 5. The van der Waals surface area contributed by atoms with Gasteiger partial charge in [-0.1, -0.05) is 6.92 Å². The number of nitro benzene ring substituents is 1. The molecule has 0 saturated heterocycles. The molecule has 1 aromatic rings. The van der Waals surface area contributed by atoms with Crippen LogP contribution in [0.1, 0.15) is 13.3 Å². The molecule has 1 unspecified atom stereocenters. The molecule has 1 aromatic carbocycles. The summed E-state index contributed by atoms with van der Waals surface area (Å²) < 4.78 is 18.5. The number of ether oxygens (including phenoxy) is 1. The maximum Gasteiger partial charge on any atom is 0.320 e. The first kappa shape index (κ1) is 15.8. The van der Waals surface area contributed by atoms with Crippen LogP contribution in [0, 0.1) is 15.9 Å². The molecular formula is C12H15FN2O5. The number of carboxylic acids is 1. The SMILES string of the molecule is CCNC(CCOc1ccc([N+](=O)[O-])c(F)c1)C(=O)O. The normalized spacial score (nSPS) is 11.9. The number of nitrogens with zero attached hydrogens (tertiary/aromatic N) is 1. The molecule has 0 aliphatic heterocycles. The summed E-state index contributed by atoms with van der Waals surface area (Å²) in [6.07, 6.45) is 0.196. The fraction of sp³-hybridized carbons (Fsp3) is 0.417. The Kier molecular flexibility index (Phi) is 5.85. The molecule has 0 aliphatic carbocycles. The number of nitrogens with one attached hydrogen (secondary N) is 1. The molecule has 0 aliphatic rings. The molecule has 0 heterocycles. The summed E-state index contributed by atoms with van der Waals surface area (Å²) >= 11 is 0. The molecule has 2 N–H and O–H groups in total. The van der Waals surface area contributed by atoms with Crippen LogP contribution in [0.15, 0.2) is 18.2 Å². The first-order valence-corrected chi connectivity index (χ1v) is 5.98. The smallest absolute Gasteiger partial charge is 0.320 e. The van der Waals surface area contributed by atoms with Crippen LogP contribution in [-0.2, 0) is 4.79 Å². The summed E-state index contributed by atoms with van der Waals surface area (Å²) in [6, 6.07) is 2.43. The van der Waals surface area contributed by atoms with Crippen molar-refractivity contribution in [3.05, 3.63) is 34.1 Å². The maximum absolute atomic E-state index is 13.3. The van der Waals surface area contributed by atoms with E-state index >= 15 is 0 Å². The Morgan fingerprint density at radius 2 is 2.30 bits per heavy atom. The molecule has 0 saturated carbocycles. The molecule has 0 amide bonds. The average Bonchev–Trinajstić information content (AvgIpc) is 2.37. The predicted octanol–water partition coefficient (Wildman–Crippen LogP) is 1.57. The lowest BCUT2D eigenvalue weighted by Crippen LogP contribution is -2.37. The second-order valence-electron chi connectivity index (χ2n) is 3.96. The van der Waals surface area contributed by atoms with Crippen molar-refractivity contribution >= 4 is 11.7 Å². The van der Waals surface area contributed by atoms with Gasteiger partial charge >= 0.3 is 11.7 Å². The van der Waals surface area contributed by atoms with Crippen molar-refractivity contribution in [1.29, 1.82) is 0 Å². The van der Waals surface area contributed by atoms with Gasteiger partial charge in [-0.3, -0.25) is 14.9 Å². The summed E-state index contributed by atoms with van der Waals surface area (Å²) in [7, 11) is 0. The zero-order chi connectivity index (χ0) is 15.1. The fourth-order valence-corrected chi connectivity index (χ4v) is 1.58. The van der Waals surface area contributed by atoms with Crippen LogP contribution in [-0.4, -0.2) is 35.2 Å². The molecule has 8 heteroatoms. The van der Waals surface area contributed by atoms with Crippen LogP contribution in [0.5, 0.6) is 5.75 Å². The van der Waals surface area contributed by atoms with E-state index in [1.165, 1.54) is 6.07 Å². The van der Waals surface area contributed by atoms with Crippen LogP contribution in [0.3, 0.4) is 0 Å². The summed E-state index contributed by atoms with van der Waals surface area (Å²) in [6.45, 7) is 2.34. The molecule has 0 fully saturated rings. The standard InChI is InChI=1S/C12H15FN2O5/c1-2-14-10(12(16)17)5-6-20-8-3-4-11(15(18)19)9(13)7-8/h3-4,7,10,14H,2,5-6H2,1H3,(H,16,17). The highest BCUT2D eigenvalue weighted by Gasteiger charge is 2.17. The van der Waals surface area contributed by atoms with Crippen molar-refractivity contribution < 1.29 is 24.0 Å². The number of rotatable bonds is 8. The molecule has 7 nitrogen and oxygen atoms in total. The minimum atomic E-state index is -0.995. The highest BCUT2D eigenvalue weighted by atomic mass is 19.1. The number of likely N-dealkylation sites (N-methyl/N-ethyl adjacent to an activating group) is 1. The van der Waals surface area contributed by atoms with E-state index in [-0.39, 0.29) is 18.8 Å². The van der Waals surface area contributed by atoms with Crippen molar-refractivity contribution in [3.63, 3.8) is 0 Å². The van der Waals surface area contributed by atoms with Crippen LogP contribution in [0.25, 0.3) is 0 Å². The van der Waals surface area contributed by atoms with Crippen LogP contribution < -0.4 is 10.1 Å². The summed E-state index contributed by atoms with van der Waals surface area (Å²) in [5.74, 6) is -1.87. The highest BCUT2D eigenvalue weighted by molar-refractivity contribution is 5.73. The van der Waals surface area contributed by atoms with E-state index in [0.717, 1.165) is 12.1 Å². The van der Waals surface area contributed by atoms with E-state index < -0.39 is 28.4 Å². The Morgan fingerprint density at radius 1 is 1.60 bits per heavy atom. The molecule has 0 spiro atoms. The van der Waals surface area contributed by atoms with E-state index in [9.17, 15) is 19.3 Å². The number of benzene rings is 1. The summed E-state index contributed by atoms with van der Waals surface area (Å²) in [5.41, 5.74) is -0.631. The fourth-order valence-electron chi connectivity index (χ4n) is 1.58. The van der Waals surface area contributed by atoms with Gasteiger partial charge in [0.05, 0.1) is 11.5 Å². The van der Waals surface area contributed by atoms with Gasteiger partial charge in [0, 0.05) is 18.6 Å². The number of carboxylic acid groups (broad SMARTS) is 1. The lowest BCUT2D eigenvalue weighted by atomic mass is 10.2. The Balaban J connectivity index is 2.55. The van der Waals surface area contributed by atoms with Gasteiger partial charge < -0.3 is 15.2 Å². The van der Waals surface area contributed by atoms with Gasteiger partial charge in [0.2, 0.25) is 5.82 Å². The van der Waals surface area contributed by atoms with E-state index in [0.29, 0.717) is 6.54 Å². The van der Waals surface area contributed by atoms with Gasteiger partial charge in [-0.15, -0.1) is 0 Å². The summed E-state index contributed by atoms with van der Waals surface area (Å²) in [5, 5.41) is 22.1. The predicted molar refractivity (Wildman–Crippen MR) is 68.3 cm³/mol. The zero-order valence-electron chi connectivity index (χ0n) is 10.8. The topological polar surface area (TPSA) is 102 Å². The average molecular weight is 286 g/mol. The quantitative estimate of drug-likeness (QED) is 0.555. The Morgan fingerprint density at radius 3 is 2.80 bits per heavy atom. The molecule has 20 heavy (non-hydrogen) atoms. The third-order valence-electron chi connectivity index (χ3n) is 2.54. The first-order chi connectivity index (χ1) is 9.45. The van der Waals surface area contributed by atoms with Crippen molar-refractivity contribution in [2.24, 2.45) is 0 Å². The molecular weight excluding hydrogens is 271 g/mol. The lowest BCUT2D eigenvalue weighted by Gasteiger charge is -2.13. The number of hydrogen-bond donors (Lipinski definition) is 2. The van der Waals surface area contributed by atoms with Crippen LogP contribution >= 0.6 is 0 Å². The Labute approximate surface area is 114 Å². The highest BCUT2D eigenvalue weighted by Crippen LogP contribution is 2.22. The molecule has 110 valence electrons. The lowest BCUT2D eigenvalue weighted by molar-refractivity contribution is -0.387. The number of aliphatic carboxylic acids is 1. The Bertz CT molecular complexity index is 495. The van der Waals surface area contributed by atoms with E-state index in [2.05, 4.69) is 5.32 Å². The first-order valence-electron chi connectivity index (χ1n) is 5.98. The third-order valence-corrected chi connectivity index (χ3v) is 2.54. The largest absolute Gasteiger partial charge is 0.493 e. The zero-order valence-corrected chi connectivity index (χ0v) is 10.8. The summed E-state index contributed by atoms with van der Waals surface area (Å²) in [4.78, 5) is 20.5. The van der Waals surface area contributed by atoms with Crippen molar-refractivity contribution in [1.82, 2.24) is 5.32 Å². The minimum Gasteiger partial charge on any atom is -0.493 e. The molecule has 1 atom stereocenters. The van der Waals surface area contributed by atoms with Gasteiger partial charge in [-0.2, -0.15) is 4.39 Å². The second kappa shape index (κ2) is 7.39. The third kappa shape index (κ3) is 4.47. The minimum absolute atomic E-state index is 0.0568. The molecule has 1 rings (SSSR count). The number of carbonyl (C=O) groups is 1. The van der Waals surface area contributed by atoms with Gasteiger partial charge in [0.25, 0.3) is 0 Å². The maximum atomic E-state index is 13.3. The van der Waals surface area contributed by atoms with E-state index in [4.69, 9.17) is 9.84 Å². The van der Waals surface area contributed by atoms with E-state index in [1.807, 2.05) is 0 Å². The van der Waals surface area contributed by atoms with Crippen molar-refractivity contribution in [3.8, 4) is 5.75 Å². The van der Waals surface area contributed by atoms with Crippen molar-refractivity contribution in [2.45, 2.75) is 19.4 Å². The second-order valence-corrected chi connectivity index (χ2v) is 3.96. The molecule has 0 bridgehead atoms. The Hall–Kier alpha value is -2.22. The number of nitro groups is 1. The van der Waals surface area contributed by atoms with Gasteiger partial charge in [-0.25, -0.2) is 0 Å². The van der Waals surface area contributed by atoms with Gasteiger partial charge in [0.15, 0.2) is 0 Å². The van der Waals surface area contributed by atoms with Gasteiger partial charge in [-0.05, 0) is 12.6 Å². The van der Waals surface area contributed by atoms with E-state index in [1.54, 1.807) is 6.92 Å². The molecule has 0 aromatic heterocycles. The van der Waals surface area contributed by atoms with Gasteiger partial charge in [0.1, 0.15) is 11.8 Å². The monoisotopic (exact) mass is 286 g/mol.